The van der Waals surface area contributed by atoms with Crippen LogP contribution in [0.15, 0.2) is 72.5 Å². The molecule has 0 bridgehead atoms. The van der Waals surface area contributed by atoms with Gasteiger partial charge in [0.2, 0.25) is 17.7 Å². The summed E-state index contributed by atoms with van der Waals surface area (Å²) in [6.07, 6.45) is 8.95. The van der Waals surface area contributed by atoms with Crippen LogP contribution in [0.5, 0.6) is 0 Å². The van der Waals surface area contributed by atoms with Gasteiger partial charge in [0.05, 0.1) is 51.6 Å². The van der Waals surface area contributed by atoms with E-state index >= 15 is 0 Å². The normalized spacial score (nSPS) is 27.4. The summed E-state index contributed by atoms with van der Waals surface area (Å²) in [5.74, 6) is 2.30. The van der Waals surface area contributed by atoms with E-state index in [4.69, 9.17) is 15.7 Å². The van der Waals surface area contributed by atoms with Gasteiger partial charge in [-0.15, -0.1) is 21.5 Å². The number of anilines is 3. The summed E-state index contributed by atoms with van der Waals surface area (Å²) in [6, 6.07) is 17.1. The molecule has 2 aromatic carbocycles. The number of likely N-dealkylation sites (tertiary alicyclic amines) is 1. The first-order chi connectivity index (χ1) is 35.1. The fourth-order valence-corrected chi connectivity index (χ4v) is 14.3. The first-order valence-corrected chi connectivity index (χ1v) is 27.3. The van der Waals surface area contributed by atoms with Crippen molar-refractivity contribution in [1.82, 2.24) is 45.6 Å². The number of carbonyl (C=O) groups is 3. The highest BCUT2D eigenvalue weighted by atomic mass is 32.1. The maximum Gasteiger partial charge on any atom is 0.246 e. The van der Waals surface area contributed by atoms with Gasteiger partial charge in [0, 0.05) is 81.7 Å². The summed E-state index contributed by atoms with van der Waals surface area (Å²) >= 11 is 1.59. The number of piperazine rings is 1. The molecule has 6 aliphatic rings. The lowest BCUT2D eigenvalue weighted by atomic mass is 9.37. The molecule has 16 nitrogen and oxygen atoms in total. The van der Waals surface area contributed by atoms with E-state index in [0.717, 1.165) is 128 Å². The molecular formula is C56H70N12O4S. The quantitative estimate of drug-likeness (QED) is 0.111. The number of aromatic nitrogens is 5. The number of aliphatic hydroxyl groups is 1. The predicted molar refractivity (Wildman–Crippen MR) is 283 cm³/mol. The molecule has 73 heavy (non-hydrogen) atoms. The molecule has 6 fully saturated rings. The van der Waals surface area contributed by atoms with Crippen LogP contribution in [0.4, 0.5) is 17.2 Å². The van der Waals surface area contributed by atoms with Crippen LogP contribution < -0.4 is 26.2 Å². The van der Waals surface area contributed by atoms with Crippen LogP contribution in [0.3, 0.4) is 0 Å². The van der Waals surface area contributed by atoms with Crippen molar-refractivity contribution in [1.29, 1.82) is 0 Å². The number of nitrogens with two attached hydrogens (primary N) is 1. The van der Waals surface area contributed by atoms with E-state index in [1.54, 1.807) is 11.3 Å². The van der Waals surface area contributed by atoms with Gasteiger partial charge in [0.15, 0.2) is 5.82 Å². The van der Waals surface area contributed by atoms with Crippen molar-refractivity contribution < 1.29 is 19.5 Å². The third-order valence-corrected chi connectivity index (χ3v) is 18.4. The van der Waals surface area contributed by atoms with Crippen molar-refractivity contribution in [3.63, 3.8) is 0 Å². The summed E-state index contributed by atoms with van der Waals surface area (Å²) in [7, 11) is 0. The Labute approximate surface area is 432 Å². The SMILES string of the molecule is Cc1ccccc1-c1cc(N2CC3CC4(c5ncc(N6CCN(C7CCC(C(=O)N[C@H](C(=O)N8C[C@H](O)C[C@H]8C(=O)NCc8ccc(-c9scnc9C)cc8)C(C)(C)C)CC7)CC6)cn5)CC(C2)C34)c(N)nn1. The molecule has 6 heterocycles. The summed E-state index contributed by atoms with van der Waals surface area (Å²) in [5, 5.41) is 25.7. The number of thiazole rings is 1. The summed E-state index contributed by atoms with van der Waals surface area (Å²) < 4.78 is 0. The van der Waals surface area contributed by atoms with Crippen molar-refractivity contribution in [2.45, 2.75) is 116 Å². The van der Waals surface area contributed by atoms with Gasteiger partial charge in [0.25, 0.3) is 0 Å². The van der Waals surface area contributed by atoms with Crippen LogP contribution in [0, 0.1) is 42.9 Å². The molecule has 3 saturated heterocycles. The van der Waals surface area contributed by atoms with Gasteiger partial charge >= 0.3 is 0 Å². The molecule has 0 spiro atoms. The fraction of sp³-hybridized carbons (Fsp3) is 0.536. The van der Waals surface area contributed by atoms with Crippen molar-refractivity contribution in [2.24, 2.45) is 29.1 Å². The van der Waals surface area contributed by atoms with Crippen molar-refractivity contribution in [3.8, 4) is 21.7 Å². The predicted octanol–water partition coefficient (Wildman–Crippen LogP) is 6.16. The topological polar surface area (TPSA) is 199 Å². The average Bonchev–Trinajstić information content (AvgIpc) is 4.00. The highest BCUT2D eigenvalue weighted by molar-refractivity contribution is 7.13. The lowest BCUT2D eigenvalue weighted by Gasteiger charge is -2.70. The molecule has 17 heteroatoms. The minimum absolute atomic E-state index is 0.0425. The number of hydrogen-bond donors (Lipinski definition) is 4. The average molecular weight is 1010 g/mol. The lowest BCUT2D eigenvalue weighted by Crippen LogP contribution is -2.71. The number of piperidine rings is 1. The number of benzene rings is 2. The van der Waals surface area contributed by atoms with E-state index < -0.39 is 23.6 Å². The molecule has 5 aromatic rings. The molecule has 5 atom stereocenters. The number of amides is 3. The molecule has 5 N–H and O–H groups in total. The molecule has 0 radical (unpaired) electrons. The Bertz CT molecular complexity index is 2820. The van der Waals surface area contributed by atoms with E-state index in [0.29, 0.717) is 36.2 Å². The van der Waals surface area contributed by atoms with Gasteiger partial charge in [-0.1, -0.05) is 69.3 Å². The van der Waals surface area contributed by atoms with E-state index in [9.17, 15) is 19.5 Å². The lowest BCUT2D eigenvalue weighted by molar-refractivity contribution is -0.144. The van der Waals surface area contributed by atoms with Gasteiger partial charge in [-0.25, -0.2) is 15.0 Å². The molecule has 3 aliphatic carbocycles. The summed E-state index contributed by atoms with van der Waals surface area (Å²) in [4.78, 5) is 66.4. The zero-order chi connectivity index (χ0) is 50.8. The largest absolute Gasteiger partial charge is 0.391 e. The Balaban J connectivity index is 0.636. The van der Waals surface area contributed by atoms with Crippen LogP contribution in [0.2, 0.25) is 0 Å². The highest BCUT2D eigenvalue weighted by Crippen LogP contribution is 2.69. The Kier molecular flexibility index (Phi) is 13.3. The molecule has 3 saturated carbocycles. The van der Waals surface area contributed by atoms with E-state index in [-0.39, 0.29) is 42.0 Å². The highest BCUT2D eigenvalue weighted by Gasteiger charge is 2.69. The molecule has 2 unspecified atom stereocenters. The number of nitrogens with zero attached hydrogens (tertiary/aromatic N) is 9. The summed E-state index contributed by atoms with van der Waals surface area (Å²) in [5.41, 5.74) is 15.9. The zero-order valence-corrected chi connectivity index (χ0v) is 43.7. The number of rotatable bonds is 12. The number of β-amino-alcohol motifs (C(OH)–C–C–N with tert-alkyl or cyclic N) is 1. The van der Waals surface area contributed by atoms with E-state index in [2.05, 4.69) is 65.6 Å². The van der Waals surface area contributed by atoms with Crippen molar-refractivity contribution in [3.05, 3.63) is 95.1 Å². The van der Waals surface area contributed by atoms with E-state index in [1.165, 1.54) is 10.5 Å². The summed E-state index contributed by atoms with van der Waals surface area (Å²) in [6.45, 7) is 15.8. The monoisotopic (exact) mass is 1010 g/mol. The molecule has 384 valence electrons. The maximum absolute atomic E-state index is 14.3. The molecule has 3 amide bonds. The third kappa shape index (κ3) is 9.45. The maximum atomic E-state index is 14.3. The van der Waals surface area contributed by atoms with Crippen molar-refractivity contribution in [2.75, 3.05) is 61.3 Å². The van der Waals surface area contributed by atoms with Crippen LogP contribution in [0.1, 0.15) is 88.4 Å². The third-order valence-electron chi connectivity index (χ3n) is 17.4. The Morgan fingerprint density at radius 2 is 1.56 bits per heavy atom. The van der Waals surface area contributed by atoms with Gasteiger partial charge in [-0.2, -0.15) is 0 Å². The zero-order valence-electron chi connectivity index (χ0n) is 42.8. The number of hydrogen-bond acceptors (Lipinski definition) is 14. The second-order valence-corrected chi connectivity index (χ2v) is 23.9. The smallest absolute Gasteiger partial charge is 0.246 e. The molecular weight excluding hydrogens is 937 g/mol. The fourth-order valence-electron chi connectivity index (χ4n) is 13.5. The second kappa shape index (κ2) is 19.7. The molecule has 3 aliphatic heterocycles. The van der Waals surface area contributed by atoms with Crippen LogP contribution >= 0.6 is 11.3 Å². The van der Waals surface area contributed by atoms with Crippen LogP contribution in [-0.4, -0.2) is 128 Å². The number of nitrogen functional groups attached to an aromatic ring is 1. The first-order valence-electron chi connectivity index (χ1n) is 26.4. The second-order valence-electron chi connectivity index (χ2n) is 23.0. The molecule has 3 aromatic heterocycles. The van der Waals surface area contributed by atoms with E-state index in [1.807, 2.05) is 82.0 Å². The molecule has 11 rings (SSSR count). The van der Waals surface area contributed by atoms with Gasteiger partial charge in [-0.3, -0.25) is 19.3 Å². The number of nitrogens with one attached hydrogen (secondary N) is 2. The Morgan fingerprint density at radius 3 is 2.22 bits per heavy atom. The minimum Gasteiger partial charge on any atom is -0.391 e. The van der Waals surface area contributed by atoms with Gasteiger partial charge in [0.1, 0.15) is 17.9 Å². The number of aliphatic hydroxyl groups excluding tert-OH is 1. The van der Waals surface area contributed by atoms with Crippen LogP contribution in [0.25, 0.3) is 21.7 Å². The Hall–Kier alpha value is -6.04. The van der Waals surface area contributed by atoms with Crippen molar-refractivity contribution >= 4 is 46.3 Å². The minimum atomic E-state index is -0.850. The van der Waals surface area contributed by atoms with Gasteiger partial charge in [-0.05, 0) is 98.3 Å². The number of aryl methyl sites for hydroxylation is 2. The first kappa shape index (κ1) is 49.2. The standard InChI is InChI=1S/C56H70N12O4S/c1-33-8-6-7-9-43(33)44-23-45(50(57)64-63-44)67-29-38-24-56(25-39(30-67)47(38)56)54-59-27-41(28-60-54)66-20-18-65(19-21-66)40-16-14-37(15-17-40)51(70)62-49(55(3,4)5)53(72)68-31-42(69)22-46(68)52(71)58-26-35-10-12-36(13-11-35)48-34(2)61-32-73-48/h6-13,23,27-28,32,37-40,42,46-47,49,69H,14-22,24-26,29-31H2,1-5H3,(H2,57,64)(H,58,71)(H,62,70)/t37?,38?,39?,40?,42-,46+,47?,49-,56?/m1/s1. The number of carbonyl (C=O) groups excluding carboxylic acids is 3. The van der Waals surface area contributed by atoms with Crippen LogP contribution in [-0.2, 0) is 26.3 Å². The Morgan fingerprint density at radius 1 is 0.863 bits per heavy atom. The van der Waals surface area contributed by atoms with Gasteiger partial charge < -0.3 is 36.2 Å².